The lowest BCUT2D eigenvalue weighted by atomic mass is 9.81. The molecule has 1 N–H and O–H groups in total. The van der Waals surface area contributed by atoms with E-state index in [0.29, 0.717) is 17.9 Å². The Morgan fingerprint density at radius 1 is 1.36 bits per heavy atom. The monoisotopic (exact) mass is 196 g/mol. The predicted octanol–water partition coefficient (Wildman–Crippen LogP) is 1.96. The highest BCUT2D eigenvalue weighted by atomic mass is 16.5. The third kappa shape index (κ3) is 0.892. The van der Waals surface area contributed by atoms with Gasteiger partial charge in [0.25, 0.3) is 0 Å². The third-order valence-electron chi connectivity index (χ3n) is 4.85. The summed E-state index contributed by atoms with van der Waals surface area (Å²) in [7, 11) is 0. The molecule has 3 aliphatic rings. The minimum atomic E-state index is 0.236. The zero-order valence-corrected chi connectivity index (χ0v) is 8.96. The third-order valence-corrected chi connectivity index (χ3v) is 4.85. The predicted molar refractivity (Wildman–Crippen MR) is 53.9 cm³/mol. The Kier molecular flexibility index (Phi) is 1.79. The van der Waals surface area contributed by atoms with Gasteiger partial charge in [-0.05, 0) is 37.5 Å². The van der Waals surface area contributed by atoms with Crippen molar-refractivity contribution in [1.82, 2.24) is 0 Å². The van der Waals surface area contributed by atoms with Crippen LogP contribution in [-0.2, 0) is 4.74 Å². The zero-order chi connectivity index (χ0) is 9.81. The van der Waals surface area contributed by atoms with E-state index < -0.39 is 0 Å². The first-order valence-electron chi connectivity index (χ1n) is 6.04. The van der Waals surface area contributed by atoms with Crippen LogP contribution in [0.15, 0.2) is 0 Å². The average molecular weight is 196 g/mol. The second-order valence-corrected chi connectivity index (χ2v) is 5.41. The van der Waals surface area contributed by atoms with Gasteiger partial charge in [0, 0.05) is 12.0 Å². The van der Waals surface area contributed by atoms with E-state index in [9.17, 15) is 5.11 Å². The first-order valence-corrected chi connectivity index (χ1v) is 6.04. The lowest BCUT2D eigenvalue weighted by Crippen LogP contribution is -2.27. The van der Waals surface area contributed by atoms with E-state index in [-0.39, 0.29) is 5.60 Å². The van der Waals surface area contributed by atoms with E-state index in [1.54, 1.807) is 0 Å². The topological polar surface area (TPSA) is 29.5 Å². The van der Waals surface area contributed by atoms with Gasteiger partial charge in [-0.25, -0.2) is 0 Å². The highest BCUT2D eigenvalue weighted by Crippen LogP contribution is 2.76. The van der Waals surface area contributed by atoms with Crippen molar-refractivity contribution in [3.05, 3.63) is 0 Å². The van der Waals surface area contributed by atoms with E-state index >= 15 is 0 Å². The van der Waals surface area contributed by atoms with E-state index in [4.69, 9.17) is 4.74 Å². The molecule has 0 aromatic heterocycles. The maximum Gasteiger partial charge on any atom is 0.0747 e. The van der Waals surface area contributed by atoms with Gasteiger partial charge in [0.2, 0.25) is 0 Å². The molecule has 3 unspecified atom stereocenters. The lowest BCUT2D eigenvalue weighted by molar-refractivity contribution is 0.0527. The molecule has 1 heterocycles. The van der Waals surface area contributed by atoms with Crippen LogP contribution in [0.1, 0.15) is 39.0 Å². The van der Waals surface area contributed by atoms with E-state index in [1.165, 1.54) is 32.1 Å². The molecule has 0 radical (unpaired) electrons. The summed E-state index contributed by atoms with van der Waals surface area (Å²) in [6.07, 6.45) is 6.28. The molecule has 0 bridgehead atoms. The molecule has 1 aliphatic heterocycles. The van der Waals surface area contributed by atoms with Crippen molar-refractivity contribution >= 4 is 0 Å². The van der Waals surface area contributed by atoms with Gasteiger partial charge in [-0.15, -0.1) is 0 Å². The second-order valence-electron chi connectivity index (χ2n) is 5.41. The summed E-state index contributed by atoms with van der Waals surface area (Å²) in [6.45, 7) is 3.59. The van der Waals surface area contributed by atoms with Gasteiger partial charge in [-0.3, -0.25) is 0 Å². The summed E-state index contributed by atoms with van der Waals surface area (Å²) < 4.78 is 6.02. The molecule has 2 spiro atoms. The van der Waals surface area contributed by atoms with Crippen molar-refractivity contribution in [1.29, 1.82) is 0 Å². The fraction of sp³-hybridized carbons (Fsp3) is 1.00. The first kappa shape index (κ1) is 9.17. The Labute approximate surface area is 85.6 Å². The standard InChI is InChI=1S/C12H20O2/c1-2-3-9-8-14-11(4-5-11)12(9)6-10(12)7-13/h9-10,13H,2-8H2,1H3. The number of hydrogen-bond donors (Lipinski definition) is 1. The number of rotatable bonds is 3. The van der Waals surface area contributed by atoms with Crippen molar-refractivity contribution in [2.45, 2.75) is 44.6 Å². The van der Waals surface area contributed by atoms with Gasteiger partial charge in [0.15, 0.2) is 0 Å². The van der Waals surface area contributed by atoms with Crippen LogP contribution in [-0.4, -0.2) is 23.9 Å². The lowest BCUT2D eigenvalue weighted by Gasteiger charge is -2.23. The quantitative estimate of drug-likeness (QED) is 0.747. The zero-order valence-electron chi connectivity index (χ0n) is 8.96. The maximum atomic E-state index is 9.32. The highest BCUT2D eigenvalue weighted by Gasteiger charge is 2.77. The van der Waals surface area contributed by atoms with E-state index in [0.717, 1.165) is 12.5 Å². The van der Waals surface area contributed by atoms with Crippen molar-refractivity contribution in [3.63, 3.8) is 0 Å². The molecule has 1 saturated heterocycles. The molecule has 0 aromatic carbocycles. The van der Waals surface area contributed by atoms with E-state index in [2.05, 4.69) is 6.92 Å². The van der Waals surface area contributed by atoms with Crippen molar-refractivity contribution in [2.75, 3.05) is 13.2 Å². The summed E-state index contributed by atoms with van der Waals surface area (Å²) in [5.74, 6) is 1.30. The molecular weight excluding hydrogens is 176 g/mol. The molecule has 3 rings (SSSR count). The number of aliphatic hydroxyl groups excluding tert-OH is 1. The Morgan fingerprint density at radius 2 is 2.14 bits per heavy atom. The highest BCUT2D eigenvalue weighted by molar-refractivity contribution is 5.25. The molecular formula is C12H20O2. The van der Waals surface area contributed by atoms with Crippen LogP contribution in [0.4, 0.5) is 0 Å². The molecule has 0 aromatic rings. The average Bonchev–Trinajstić information content (AvgIpc) is 3.03. The van der Waals surface area contributed by atoms with Crippen LogP contribution in [0.3, 0.4) is 0 Å². The molecule has 0 amide bonds. The molecule has 80 valence electrons. The second kappa shape index (κ2) is 2.73. The van der Waals surface area contributed by atoms with Gasteiger partial charge >= 0.3 is 0 Å². The van der Waals surface area contributed by atoms with Crippen LogP contribution < -0.4 is 0 Å². The number of hydrogen-bond acceptors (Lipinski definition) is 2. The van der Waals surface area contributed by atoms with Crippen molar-refractivity contribution in [2.24, 2.45) is 17.3 Å². The van der Waals surface area contributed by atoms with Gasteiger partial charge in [0.1, 0.15) is 0 Å². The molecule has 3 fully saturated rings. The summed E-state index contributed by atoms with van der Waals surface area (Å²) in [5.41, 5.74) is 0.651. The maximum absolute atomic E-state index is 9.32. The Morgan fingerprint density at radius 3 is 2.64 bits per heavy atom. The van der Waals surface area contributed by atoms with Gasteiger partial charge in [0.05, 0.1) is 12.2 Å². The van der Waals surface area contributed by atoms with Crippen molar-refractivity contribution in [3.8, 4) is 0 Å². The van der Waals surface area contributed by atoms with Gasteiger partial charge in [-0.1, -0.05) is 13.3 Å². The van der Waals surface area contributed by atoms with Crippen LogP contribution in [0.5, 0.6) is 0 Å². The van der Waals surface area contributed by atoms with Gasteiger partial charge < -0.3 is 9.84 Å². The summed E-state index contributed by atoms with van der Waals surface area (Å²) >= 11 is 0. The first-order chi connectivity index (χ1) is 6.79. The smallest absolute Gasteiger partial charge is 0.0747 e. The Hall–Kier alpha value is -0.0800. The normalized spacial score (nSPS) is 47.6. The van der Waals surface area contributed by atoms with Gasteiger partial charge in [-0.2, -0.15) is 0 Å². The summed E-state index contributed by atoms with van der Waals surface area (Å²) in [6, 6.07) is 0. The molecule has 2 heteroatoms. The largest absolute Gasteiger partial charge is 0.396 e. The van der Waals surface area contributed by atoms with Crippen LogP contribution >= 0.6 is 0 Å². The SMILES string of the molecule is CCCC1COC2(CC2)C12CC2CO. The minimum absolute atomic E-state index is 0.236. The number of aliphatic hydroxyl groups is 1. The number of fused-ring (bicyclic) bond motifs is 1. The molecule has 2 saturated carbocycles. The number of ether oxygens (including phenoxy) is 1. The fourth-order valence-electron chi connectivity index (χ4n) is 3.96. The molecule has 14 heavy (non-hydrogen) atoms. The fourth-order valence-corrected chi connectivity index (χ4v) is 3.96. The molecule has 2 nitrogen and oxygen atoms in total. The summed E-state index contributed by atoms with van der Waals surface area (Å²) in [5, 5.41) is 9.32. The Balaban J connectivity index is 1.82. The summed E-state index contributed by atoms with van der Waals surface area (Å²) in [4.78, 5) is 0. The molecule has 3 atom stereocenters. The Bertz CT molecular complexity index is 247. The van der Waals surface area contributed by atoms with Crippen LogP contribution in [0, 0.1) is 17.3 Å². The van der Waals surface area contributed by atoms with Crippen LogP contribution in [0.25, 0.3) is 0 Å². The van der Waals surface area contributed by atoms with Crippen molar-refractivity contribution < 1.29 is 9.84 Å². The molecule has 2 aliphatic carbocycles. The minimum Gasteiger partial charge on any atom is -0.396 e. The van der Waals surface area contributed by atoms with E-state index in [1.807, 2.05) is 0 Å². The van der Waals surface area contributed by atoms with Crippen LogP contribution in [0.2, 0.25) is 0 Å².